The van der Waals surface area contributed by atoms with Crippen molar-refractivity contribution in [3.63, 3.8) is 0 Å². The minimum absolute atomic E-state index is 1.21. The third-order valence-electron chi connectivity index (χ3n) is 10.6. The lowest BCUT2D eigenvalue weighted by atomic mass is 9.81. The maximum atomic E-state index is 2.51. The second-order valence-electron chi connectivity index (χ2n) is 13.6. The molecular formula is C52H34. The number of hydrogen-bond donors (Lipinski definition) is 0. The van der Waals surface area contributed by atoms with Gasteiger partial charge in [-0.3, -0.25) is 0 Å². The summed E-state index contributed by atoms with van der Waals surface area (Å²) in [5.74, 6) is 0. The molecule has 0 spiro atoms. The molecule has 242 valence electrons. The van der Waals surface area contributed by atoms with Crippen LogP contribution in [0, 0.1) is 0 Å². The van der Waals surface area contributed by atoms with Gasteiger partial charge in [-0.2, -0.15) is 0 Å². The molecule has 0 N–H and O–H groups in total. The molecule has 0 amide bonds. The fraction of sp³-hybridized carbons (Fsp3) is 0. The van der Waals surface area contributed by atoms with E-state index in [4.69, 9.17) is 0 Å². The van der Waals surface area contributed by atoms with Crippen LogP contribution in [-0.2, 0) is 0 Å². The van der Waals surface area contributed by atoms with Crippen LogP contribution in [0.5, 0.6) is 0 Å². The zero-order valence-electron chi connectivity index (χ0n) is 28.6. The van der Waals surface area contributed by atoms with Crippen molar-refractivity contribution in [1.82, 2.24) is 0 Å². The fourth-order valence-corrected chi connectivity index (χ4v) is 8.38. The summed E-state index contributed by atoms with van der Waals surface area (Å²) in [6.07, 6.45) is 0. The van der Waals surface area contributed by atoms with Gasteiger partial charge in [-0.25, -0.2) is 0 Å². The molecule has 0 heteroatoms. The van der Waals surface area contributed by atoms with Crippen molar-refractivity contribution in [3.8, 4) is 55.6 Å². The second kappa shape index (κ2) is 12.5. The van der Waals surface area contributed by atoms with E-state index in [9.17, 15) is 0 Å². The van der Waals surface area contributed by atoms with Gasteiger partial charge in [-0.05, 0) is 117 Å². The molecule has 0 aromatic heterocycles. The van der Waals surface area contributed by atoms with Gasteiger partial charge in [0.25, 0.3) is 0 Å². The topological polar surface area (TPSA) is 0 Å². The van der Waals surface area contributed by atoms with Crippen LogP contribution in [-0.4, -0.2) is 0 Å². The Bertz CT molecular complexity index is 2910. The molecule has 0 aliphatic carbocycles. The number of hydrogen-bond acceptors (Lipinski definition) is 0. The van der Waals surface area contributed by atoms with E-state index in [1.54, 1.807) is 0 Å². The van der Waals surface area contributed by atoms with Crippen molar-refractivity contribution in [3.05, 3.63) is 206 Å². The first-order valence-corrected chi connectivity index (χ1v) is 18.0. The van der Waals surface area contributed by atoms with Crippen LogP contribution in [0.1, 0.15) is 0 Å². The molecule has 0 radical (unpaired) electrons. The Morgan fingerprint density at radius 1 is 0.154 bits per heavy atom. The Kier molecular flexibility index (Phi) is 7.25. The Morgan fingerprint density at radius 3 is 1.00 bits per heavy atom. The van der Waals surface area contributed by atoms with Crippen LogP contribution < -0.4 is 0 Å². The van der Waals surface area contributed by atoms with E-state index in [1.165, 1.54) is 98.7 Å². The van der Waals surface area contributed by atoms with E-state index in [2.05, 4.69) is 206 Å². The summed E-state index contributed by atoms with van der Waals surface area (Å²) in [5, 5.41) is 10.1. The third-order valence-corrected chi connectivity index (χ3v) is 10.6. The highest BCUT2D eigenvalue weighted by Gasteiger charge is 2.22. The standard InChI is InChI=1S/C52H34/c1-5-18-35(19-6-1)39-26-17-27-40(32-39)52-42-29-14-13-28-41(42)45-33-47-48(34-46(45)51(52)38-24-11-4-12-25-38)50(37-22-9-3-10-23-37)44-31-16-15-30-43(44)49(47)36-20-7-2-8-21-36/h1-34H. The Labute approximate surface area is 303 Å². The summed E-state index contributed by atoms with van der Waals surface area (Å²) in [5.41, 5.74) is 12.4. The number of benzene rings is 10. The van der Waals surface area contributed by atoms with Crippen LogP contribution in [0.15, 0.2) is 206 Å². The van der Waals surface area contributed by atoms with Gasteiger partial charge in [-0.15, -0.1) is 0 Å². The van der Waals surface area contributed by atoms with Gasteiger partial charge in [0, 0.05) is 0 Å². The molecule has 52 heavy (non-hydrogen) atoms. The SMILES string of the molecule is c1ccc(-c2cccc(-c3c(-c4ccccc4)c4cc5c(-c6ccccc6)c6ccccc6c(-c6ccccc6)c5cc4c4ccccc34)c2)cc1. The maximum absolute atomic E-state index is 2.51. The summed E-state index contributed by atoms with van der Waals surface area (Å²) in [6.45, 7) is 0. The van der Waals surface area contributed by atoms with Crippen molar-refractivity contribution >= 4 is 43.1 Å². The van der Waals surface area contributed by atoms with E-state index >= 15 is 0 Å². The summed E-state index contributed by atoms with van der Waals surface area (Å²) < 4.78 is 0. The van der Waals surface area contributed by atoms with Gasteiger partial charge in [-0.1, -0.05) is 188 Å². The van der Waals surface area contributed by atoms with Crippen LogP contribution in [0.4, 0.5) is 0 Å². The van der Waals surface area contributed by atoms with E-state index in [1.807, 2.05) is 0 Å². The van der Waals surface area contributed by atoms with Gasteiger partial charge < -0.3 is 0 Å². The van der Waals surface area contributed by atoms with E-state index < -0.39 is 0 Å². The van der Waals surface area contributed by atoms with Crippen molar-refractivity contribution in [1.29, 1.82) is 0 Å². The highest BCUT2D eigenvalue weighted by molar-refractivity contribution is 6.29. The van der Waals surface area contributed by atoms with Gasteiger partial charge in [0.05, 0.1) is 0 Å². The molecule has 10 rings (SSSR count). The molecule has 0 nitrogen and oxygen atoms in total. The van der Waals surface area contributed by atoms with E-state index in [0.29, 0.717) is 0 Å². The molecule has 10 aromatic carbocycles. The minimum Gasteiger partial charge on any atom is -0.0622 e. The molecule has 0 aliphatic rings. The van der Waals surface area contributed by atoms with Gasteiger partial charge in [0.15, 0.2) is 0 Å². The minimum atomic E-state index is 1.21. The van der Waals surface area contributed by atoms with Crippen LogP contribution in [0.25, 0.3) is 98.7 Å². The van der Waals surface area contributed by atoms with E-state index in [-0.39, 0.29) is 0 Å². The molecule has 10 aromatic rings. The Balaban J connectivity index is 1.43. The summed E-state index contributed by atoms with van der Waals surface area (Å²) in [6, 6.07) is 75.6. The zero-order valence-corrected chi connectivity index (χ0v) is 28.6. The zero-order chi connectivity index (χ0) is 34.4. The molecule has 0 unspecified atom stereocenters. The molecule has 0 fully saturated rings. The molecule has 0 saturated heterocycles. The van der Waals surface area contributed by atoms with Gasteiger partial charge >= 0.3 is 0 Å². The quantitative estimate of drug-likeness (QED) is 0.128. The normalized spacial score (nSPS) is 11.5. The fourth-order valence-electron chi connectivity index (χ4n) is 8.38. The highest BCUT2D eigenvalue weighted by atomic mass is 14.2. The predicted molar refractivity (Wildman–Crippen MR) is 224 cm³/mol. The van der Waals surface area contributed by atoms with Crippen molar-refractivity contribution < 1.29 is 0 Å². The first-order chi connectivity index (χ1) is 25.8. The van der Waals surface area contributed by atoms with Crippen molar-refractivity contribution in [2.24, 2.45) is 0 Å². The lowest BCUT2D eigenvalue weighted by molar-refractivity contribution is 1.60. The number of fused-ring (bicyclic) bond motifs is 5. The van der Waals surface area contributed by atoms with Crippen LogP contribution >= 0.6 is 0 Å². The summed E-state index contributed by atoms with van der Waals surface area (Å²) >= 11 is 0. The molecule has 0 atom stereocenters. The first kappa shape index (κ1) is 30.1. The number of rotatable bonds is 5. The van der Waals surface area contributed by atoms with Crippen molar-refractivity contribution in [2.45, 2.75) is 0 Å². The Morgan fingerprint density at radius 2 is 0.481 bits per heavy atom. The lowest BCUT2D eigenvalue weighted by Gasteiger charge is -2.22. The Hall–Kier alpha value is -6.76. The average molecular weight is 659 g/mol. The monoisotopic (exact) mass is 658 g/mol. The van der Waals surface area contributed by atoms with Gasteiger partial charge in [0.2, 0.25) is 0 Å². The molecule has 0 bridgehead atoms. The van der Waals surface area contributed by atoms with Gasteiger partial charge in [0.1, 0.15) is 0 Å². The maximum Gasteiger partial charge on any atom is -0.00201 e. The highest BCUT2D eigenvalue weighted by Crippen LogP contribution is 2.50. The summed E-state index contributed by atoms with van der Waals surface area (Å²) in [7, 11) is 0. The largest absolute Gasteiger partial charge is 0.0622 e. The molecular weight excluding hydrogens is 625 g/mol. The lowest BCUT2D eigenvalue weighted by Crippen LogP contribution is -1.95. The third kappa shape index (κ3) is 4.92. The second-order valence-corrected chi connectivity index (χ2v) is 13.6. The predicted octanol–water partition coefficient (Wildman–Crippen LogP) is 14.6. The summed E-state index contributed by atoms with van der Waals surface area (Å²) in [4.78, 5) is 0. The van der Waals surface area contributed by atoms with Crippen LogP contribution in [0.3, 0.4) is 0 Å². The smallest absolute Gasteiger partial charge is 0.00201 e. The van der Waals surface area contributed by atoms with E-state index in [0.717, 1.165) is 0 Å². The molecule has 0 saturated carbocycles. The molecule has 0 aliphatic heterocycles. The molecule has 0 heterocycles. The first-order valence-electron chi connectivity index (χ1n) is 18.0. The average Bonchev–Trinajstić information content (AvgIpc) is 3.23. The van der Waals surface area contributed by atoms with Crippen molar-refractivity contribution in [2.75, 3.05) is 0 Å². The van der Waals surface area contributed by atoms with Crippen LogP contribution in [0.2, 0.25) is 0 Å².